The number of amides is 4. The first-order valence-electron chi connectivity index (χ1n) is 9.58. The third-order valence-corrected chi connectivity index (χ3v) is 6.18. The standard InChI is InChI=1S/C23H18ClN3O3/c1-26-13-23(12-18-17-8-3-2-5-14(17)9-10-19(18)26)20(28)25-22(30)27(21(23)29)16-7-4-6-15(24)11-16/h2-11H,12-13H2,1H3,(H,25,28,30)/t23-/m0/s1. The van der Waals surface area contributed by atoms with E-state index in [1.807, 2.05) is 48.3 Å². The van der Waals surface area contributed by atoms with Crippen molar-refractivity contribution in [1.29, 1.82) is 0 Å². The smallest absolute Gasteiger partial charge is 0.335 e. The Kier molecular flexibility index (Phi) is 4.08. The van der Waals surface area contributed by atoms with Gasteiger partial charge in [0.1, 0.15) is 0 Å². The molecule has 1 fully saturated rings. The zero-order chi connectivity index (χ0) is 21.0. The van der Waals surface area contributed by atoms with E-state index in [2.05, 4.69) is 5.32 Å². The van der Waals surface area contributed by atoms with E-state index in [-0.39, 0.29) is 13.0 Å². The van der Waals surface area contributed by atoms with Gasteiger partial charge in [-0.25, -0.2) is 9.69 Å². The number of barbiturate groups is 1. The lowest BCUT2D eigenvalue weighted by Gasteiger charge is -2.45. The summed E-state index contributed by atoms with van der Waals surface area (Å²) in [5, 5.41) is 4.82. The molecule has 5 rings (SSSR count). The van der Waals surface area contributed by atoms with Gasteiger partial charge in [0.15, 0.2) is 5.41 Å². The van der Waals surface area contributed by atoms with Crippen LogP contribution < -0.4 is 15.1 Å². The molecule has 2 aliphatic heterocycles. The first kappa shape index (κ1) is 18.6. The molecule has 2 heterocycles. The van der Waals surface area contributed by atoms with Crippen LogP contribution in [-0.4, -0.2) is 31.4 Å². The summed E-state index contributed by atoms with van der Waals surface area (Å²) < 4.78 is 0. The van der Waals surface area contributed by atoms with Gasteiger partial charge in [-0.2, -0.15) is 0 Å². The second-order valence-corrected chi connectivity index (χ2v) is 8.22. The molecule has 2 aliphatic rings. The number of benzene rings is 3. The monoisotopic (exact) mass is 419 g/mol. The molecule has 0 aliphatic carbocycles. The fraction of sp³-hybridized carbons (Fsp3) is 0.174. The summed E-state index contributed by atoms with van der Waals surface area (Å²) in [6.45, 7) is 0.174. The highest BCUT2D eigenvalue weighted by molar-refractivity contribution is 6.33. The number of carbonyl (C=O) groups excluding carboxylic acids is 3. The van der Waals surface area contributed by atoms with Crippen molar-refractivity contribution in [3.8, 4) is 0 Å². The minimum Gasteiger partial charge on any atom is -0.373 e. The number of carbonyl (C=O) groups is 3. The first-order chi connectivity index (χ1) is 14.4. The van der Waals surface area contributed by atoms with E-state index in [0.717, 1.165) is 26.9 Å². The topological polar surface area (TPSA) is 69.7 Å². The second-order valence-electron chi connectivity index (χ2n) is 7.78. The summed E-state index contributed by atoms with van der Waals surface area (Å²) in [5.41, 5.74) is 0.822. The number of hydrogen-bond acceptors (Lipinski definition) is 4. The average molecular weight is 420 g/mol. The van der Waals surface area contributed by atoms with Crippen LogP contribution in [0.5, 0.6) is 0 Å². The number of rotatable bonds is 1. The van der Waals surface area contributed by atoms with Crippen molar-refractivity contribution in [1.82, 2.24) is 5.32 Å². The fourth-order valence-electron chi connectivity index (χ4n) is 4.54. The lowest BCUT2D eigenvalue weighted by atomic mass is 9.73. The van der Waals surface area contributed by atoms with Gasteiger partial charge in [0, 0.05) is 30.7 Å². The third-order valence-electron chi connectivity index (χ3n) is 5.95. The molecule has 4 amide bonds. The Morgan fingerprint density at radius 3 is 2.60 bits per heavy atom. The van der Waals surface area contributed by atoms with Crippen molar-refractivity contribution in [2.75, 3.05) is 23.4 Å². The van der Waals surface area contributed by atoms with Crippen molar-refractivity contribution >= 4 is 51.6 Å². The average Bonchev–Trinajstić information content (AvgIpc) is 2.72. The highest BCUT2D eigenvalue weighted by Crippen LogP contribution is 2.43. The number of hydrogen-bond donors (Lipinski definition) is 1. The van der Waals surface area contributed by atoms with Crippen LogP contribution in [0.25, 0.3) is 10.8 Å². The van der Waals surface area contributed by atoms with Crippen molar-refractivity contribution in [2.45, 2.75) is 6.42 Å². The molecular weight excluding hydrogens is 402 g/mol. The van der Waals surface area contributed by atoms with Crippen molar-refractivity contribution < 1.29 is 14.4 Å². The van der Waals surface area contributed by atoms with Gasteiger partial charge >= 0.3 is 6.03 Å². The Morgan fingerprint density at radius 2 is 1.80 bits per heavy atom. The molecule has 6 nitrogen and oxygen atoms in total. The van der Waals surface area contributed by atoms with E-state index in [4.69, 9.17) is 11.6 Å². The number of urea groups is 1. The molecule has 0 aromatic heterocycles. The minimum absolute atomic E-state index is 0.174. The van der Waals surface area contributed by atoms with Crippen LogP contribution in [0.3, 0.4) is 0 Å². The molecule has 3 aromatic rings. The maximum absolute atomic E-state index is 13.7. The molecule has 0 radical (unpaired) electrons. The van der Waals surface area contributed by atoms with Crippen LogP contribution in [0.4, 0.5) is 16.2 Å². The molecule has 0 saturated carbocycles. The van der Waals surface area contributed by atoms with Gasteiger partial charge in [-0.1, -0.05) is 48.0 Å². The first-order valence-corrected chi connectivity index (χ1v) is 9.96. The lowest BCUT2D eigenvalue weighted by molar-refractivity contribution is -0.142. The van der Waals surface area contributed by atoms with Crippen LogP contribution in [0.15, 0.2) is 60.7 Å². The van der Waals surface area contributed by atoms with E-state index in [1.54, 1.807) is 24.3 Å². The summed E-state index contributed by atoms with van der Waals surface area (Å²) in [6, 6.07) is 17.7. The van der Waals surface area contributed by atoms with Crippen LogP contribution >= 0.6 is 11.6 Å². The summed E-state index contributed by atoms with van der Waals surface area (Å²) in [7, 11) is 1.86. The predicted octanol–water partition coefficient (Wildman–Crippen LogP) is 3.75. The lowest BCUT2D eigenvalue weighted by Crippen LogP contribution is -2.68. The third kappa shape index (κ3) is 2.60. The number of anilines is 2. The Labute approximate surface area is 178 Å². The zero-order valence-electron chi connectivity index (χ0n) is 16.2. The molecule has 1 saturated heterocycles. The van der Waals surface area contributed by atoms with Gasteiger partial charge in [-0.3, -0.25) is 14.9 Å². The van der Waals surface area contributed by atoms with Gasteiger partial charge in [0.2, 0.25) is 5.91 Å². The van der Waals surface area contributed by atoms with E-state index in [9.17, 15) is 14.4 Å². The SMILES string of the molecule is CN1C[C@@]2(Cc3c1ccc1ccccc31)C(=O)NC(=O)N(c1cccc(Cl)c1)C2=O. The molecule has 1 N–H and O–H groups in total. The minimum atomic E-state index is -1.41. The number of nitrogens with one attached hydrogen (secondary N) is 1. The maximum Gasteiger partial charge on any atom is 0.335 e. The molecule has 1 atom stereocenters. The molecule has 150 valence electrons. The van der Waals surface area contributed by atoms with Crippen molar-refractivity contribution in [3.63, 3.8) is 0 Å². The number of halogens is 1. The molecular formula is C23H18ClN3O3. The van der Waals surface area contributed by atoms with Crippen LogP contribution in [-0.2, 0) is 16.0 Å². The van der Waals surface area contributed by atoms with Gasteiger partial charge in [0.05, 0.1) is 5.69 Å². The van der Waals surface area contributed by atoms with E-state index in [0.29, 0.717) is 10.7 Å². The van der Waals surface area contributed by atoms with Gasteiger partial charge in [0.25, 0.3) is 5.91 Å². The van der Waals surface area contributed by atoms with Crippen molar-refractivity contribution in [3.05, 3.63) is 71.2 Å². The Morgan fingerprint density at radius 1 is 1.00 bits per heavy atom. The second kappa shape index (κ2) is 6.57. The van der Waals surface area contributed by atoms with E-state index < -0.39 is 23.3 Å². The molecule has 7 heteroatoms. The Bertz CT molecular complexity index is 1240. The van der Waals surface area contributed by atoms with Gasteiger partial charge in [-0.15, -0.1) is 0 Å². The number of imide groups is 2. The summed E-state index contributed by atoms with van der Waals surface area (Å²) in [5.74, 6) is -1.11. The van der Waals surface area contributed by atoms with E-state index >= 15 is 0 Å². The number of nitrogens with zero attached hydrogens (tertiary/aromatic N) is 2. The molecule has 0 unspecified atom stereocenters. The fourth-order valence-corrected chi connectivity index (χ4v) is 4.72. The number of fused-ring (bicyclic) bond motifs is 3. The summed E-state index contributed by atoms with van der Waals surface area (Å²) in [6.07, 6.45) is 0.211. The maximum atomic E-state index is 13.7. The molecule has 3 aromatic carbocycles. The van der Waals surface area contributed by atoms with Gasteiger partial charge in [-0.05, 0) is 40.6 Å². The zero-order valence-corrected chi connectivity index (χ0v) is 16.9. The summed E-state index contributed by atoms with van der Waals surface area (Å²) in [4.78, 5) is 42.3. The molecule has 30 heavy (non-hydrogen) atoms. The van der Waals surface area contributed by atoms with Crippen LogP contribution in [0, 0.1) is 5.41 Å². The predicted molar refractivity (Wildman–Crippen MR) is 116 cm³/mol. The normalized spacial score (nSPS) is 21.2. The van der Waals surface area contributed by atoms with Gasteiger partial charge < -0.3 is 4.90 Å². The largest absolute Gasteiger partial charge is 0.373 e. The Balaban J connectivity index is 1.66. The summed E-state index contributed by atoms with van der Waals surface area (Å²) >= 11 is 6.08. The highest BCUT2D eigenvalue weighted by atomic mass is 35.5. The molecule has 0 bridgehead atoms. The van der Waals surface area contributed by atoms with Crippen LogP contribution in [0.2, 0.25) is 5.02 Å². The Hall–Kier alpha value is -3.38. The molecule has 1 spiro atoms. The van der Waals surface area contributed by atoms with Crippen LogP contribution in [0.1, 0.15) is 5.56 Å². The quantitative estimate of drug-likeness (QED) is 0.610. The highest BCUT2D eigenvalue weighted by Gasteiger charge is 2.57. The van der Waals surface area contributed by atoms with Crippen molar-refractivity contribution in [2.24, 2.45) is 5.41 Å². The van der Waals surface area contributed by atoms with E-state index in [1.165, 1.54) is 0 Å².